The lowest BCUT2D eigenvalue weighted by atomic mass is 10.0. The molecule has 0 heterocycles. The second kappa shape index (κ2) is 6.91. The maximum absolute atomic E-state index is 10.5. The van der Waals surface area contributed by atoms with Crippen LogP contribution in [-0.4, -0.2) is 18.6 Å². The van der Waals surface area contributed by atoms with E-state index >= 15 is 0 Å². The summed E-state index contributed by atoms with van der Waals surface area (Å²) in [4.78, 5) is 10.5. The van der Waals surface area contributed by atoms with Crippen molar-refractivity contribution in [2.24, 2.45) is 11.5 Å². The van der Waals surface area contributed by atoms with Crippen LogP contribution in [0.2, 0.25) is 0 Å². The van der Waals surface area contributed by atoms with E-state index in [4.69, 9.17) is 16.2 Å². The lowest BCUT2D eigenvalue weighted by molar-refractivity contribution is -0.118. The van der Waals surface area contributed by atoms with E-state index in [0.29, 0.717) is 6.61 Å². The summed E-state index contributed by atoms with van der Waals surface area (Å²) in [7, 11) is 0. The Bertz CT molecular complexity index is 349. The Morgan fingerprint density at radius 2 is 2.00 bits per heavy atom. The minimum atomic E-state index is -0.351. The topological polar surface area (TPSA) is 78.3 Å². The quantitative estimate of drug-likeness (QED) is 0.747. The number of hydrogen-bond donors (Lipinski definition) is 2. The molecule has 0 fully saturated rings. The maximum Gasteiger partial charge on any atom is 0.220 e. The van der Waals surface area contributed by atoms with Crippen molar-refractivity contribution in [3.05, 3.63) is 29.8 Å². The lowest BCUT2D eigenvalue weighted by Crippen LogP contribution is -2.21. The van der Waals surface area contributed by atoms with E-state index in [1.807, 2.05) is 24.3 Å². The molecule has 0 spiro atoms. The fourth-order valence-electron chi connectivity index (χ4n) is 1.44. The highest BCUT2D eigenvalue weighted by molar-refractivity contribution is 5.73. The number of primary amides is 1. The zero-order chi connectivity index (χ0) is 12.7. The van der Waals surface area contributed by atoms with Gasteiger partial charge in [0.05, 0.1) is 13.0 Å². The number of amides is 1. The molecule has 94 valence electrons. The van der Waals surface area contributed by atoms with Crippen LogP contribution in [0, 0.1) is 0 Å². The van der Waals surface area contributed by atoms with E-state index in [1.165, 1.54) is 5.56 Å². The van der Waals surface area contributed by atoms with E-state index in [-0.39, 0.29) is 18.4 Å². The summed E-state index contributed by atoms with van der Waals surface area (Å²) in [5.41, 5.74) is 12.1. The number of ether oxygens (including phenoxy) is 1. The summed E-state index contributed by atoms with van der Waals surface area (Å²) in [6.45, 7) is 2.40. The van der Waals surface area contributed by atoms with Gasteiger partial charge < -0.3 is 16.2 Å². The monoisotopic (exact) mass is 236 g/mol. The molecule has 17 heavy (non-hydrogen) atoms. The average Bonchev–Trinajstić information content (AvgIpc) is 2.31. The van der Waals surface area contributed by atoms with Crippen LogP contribution >= 0.6 is 0 Å². The second-order valence-corrected chi connectivity index (χ2v) is 4.08. The molecule has 0 aromatic heterocycles. The molecule has 1 rings (SSSR count). The molecule has 0 aliphatic carbocycles. The van der Waals surface area contributed by atoms with Gasteiger partial charge in [-0.25, -0.2) is 0 Å². The highest BCUT2D eigenvalue weighted by atomic mass is 16.5. The van der Waals surface area contributed by atoms with Crippen molar-refractivity contribution in [2.75, 3.05) is 6.61 Å². The van der Waals surface area contributed by atoms with Crippen LogP contribution < -0.4 is 16.2 Å². The third kappa shape index (κ3) is 5.36. The van der Waals surface area contributed by atoms with Crippen molar-refractivity contribution in [1.82, 2.24) is 0 Å². The summed E-state index contributed by atoms with van der Waals surface area (Å²) < 4.78 is 5.37. The van der Waals surface area contributed by atoms with Crippen LogP contribution in [0.5, 0.6) is 5.75 Å². The summed E-state index contributed by atoms with van der Waals surface area (Å²) >= 11 is 0. The molecule has 1 atom stereocenters. The molecule has 0 saturated carbocycles. The van der Waals surface area contributed by atoms with Gasteiger partial charge in [-0.2, -0.15) is 0 Å². The van der Waals surface area contributed by atoms with E-state index in [0.717, 1.165) is 18.6 Å². The average molecular weight is 236 g/mol. The maximum atomic E-state index is 10.5. The molecule has 0 radical (unpaired) electrons. The normalized spacial score (nSPS) is 12.1. The highest BCUT2D eigenvalue weighted by Crippen LogP contribution is 2.13. The van der Waals surface area contributed by atoms with Crippen LogP contribution in [0.4, 0.5) is 0 Å². The molecule has 1 amide bonds. The Labute approximate surface area is 102 Å². The number of benzene rings is 1. The predicted octanol–water partition coefficient (Wildman–Crippen LogP) is 1.22. The standard InChI is InChI=1S/C13H20N2O2/c1-2-11(14)9-10-3-5-12(6-4-10)17-8-7-13(15)16/h3-6,11H,2,7-9,14H2,1H3,(H2,15,16). The molecule has 0 saturated heterocycles. The molecule has 1 aromatic rings. The van der Waals surface area contributed by atoms with Gasteiger partial charge in [0.1, 0.15) is 5.75 Å². The van der Waals surface area contributed by atoms with Crippen molar-refractivity contribution in [1.29, 1.82) is 0 Å². The van der Waals surface area contributed by atoms with Crippen LogP contribution in [0.15, 0.2) is 24.3 Å². The molecule has 0 aliphatic heterocycles. The van der Waals surface area contributed by atoms with Gasteiger partial charge in [0.25, 0.3) is 0 Å². The first-order chi connectivity index (χ1) is 8.11. The number of rotatable bonds is 7. The third-order valence-corrected chi connectivity index (χ3v) is 2.56. The molecule has 4 N–H and O–H groups in total. The first kappa shape index (κ1) is 13.5. The highest BCUT2D eigenvalue weighted by Gasteiger charge is 2.02. The van der Waals surface area contributed by atoms with Gasteiger partial charge in [-0.1, -0.05) is 19.1 Å². The van der Waals surface area contributed by atoms with Gasteiger partial charge in [0.2, 0.25) is 5.91 Å². The SMILES string of the molecule is CCC(N)Cc1ccc(OCCC(N)=O)cc1. The van der Waals surface area contributed by atoms with Crippen molar-refractivity contribution in [2.45, 2.75) is 32.2 Å². The van der Waals surface area contributed by atoms with Crippen molar-refractivity contribution in [3.8, 4) is 5.75 Å². The minimum Gasteiger partial charge on any atom is -0.493 e. The zero-order valence-corrected chi connectivity index (χ0v) is 10.2. The Morgan fingerprint density at radius 3 is 2.53 bits per heavy atom. The fourth-order valence-corrected chi connectivity index (χ4v) is 1.44. The van der Waals surface area contributed by atoms with Gasteiger partial charge in [0.15, 0.2) is 0 Å². The molecular weight excluding hydrogens is 216 g/mol. The van der Waals surface area contributed by atoms with Gasteiger partial charge >= 0.3 is 0 Å². The van der Waals surface area contributed by atoms with Crippen LogP contribution in [0.1, 0.15) is 25.3 Å². The Hall–Kier alpha value is -1.55. The van der Waals surface area contributed by atoms with E-state index in [9.17, 15) is 4.79 Å². The summed E-state index contributed by atoms with van der Waals surface area (Å²) in [5.74, 6) is 0.399. The van der Waals surface area contributed by atoms with Gasteiger partial charge in [0, 0.05) is 6.04 Å². The molecule has 0 aliphatic rings. The number of carbonyl (C=O) groups is 1. The molecule has 1 aromatic carbocycles. The van der Waals surface area contributed by atoms with Gasteiger partial charge in [-0.05, 0) is 30.5 Å². The van der Waals surface area contributed by atoms with Crippen LogP contribution in [0.25, 0.3) is 0 Å². The Kier molecular flexibility index (Phi) is 5.49. The Morgan fingerprint density at radius 1 is 1.35 bits per heavy atom. The molecule has 0 bridgehead atoms. The van der Waals surface area contributed by atoms with E-state index in [2.05, 4.69) is 6.92 Å². The number of nitrogens with two attached hydrogens (primary N) is 2. The predicted molar refractivity (Wildman–Crippen MR) is 67.7 cm³/mol. The first-order valence-corrected chi connectivity index (χ1v) is 5.87. The summed E-state index contributed by atoms with van der Waals surface area (Å²) in [6.07, 6.45) is 2.08. The minimum absolute atomic E-state index is 0.205. The van der Waals surface area contributed by atoms with Crippen molar-refractivity contribution >= 4 is 5.91 Å². The first-order valence-electron chi connectivity index (χ1n) is 5.87. The van der Waals surface area contributed by atoms with Gasteiger partial charge in [-0.3, -0.25) is 4.79 Å². The molecule has 1 unspecified atom stereocenters. The second-order valence-electron chi connectivity index (χ2n) is 4.08. The van der Waals surface area contributed by atoms with Crippen molar-refractivity contribution < 1.29 is 9.53 Å². The van der Waals surface area contributed by atoms with Crippen molar-refractivity contribution in [3.63, 3.8) is 0 Å². The van der Waals surface area contributed by atoms with E-state index < -0.39 is 0 Å². The molecular formula is C13H20N2O2. The number of carbonyl (C=O) groups excluding carboxylic acids is 1. The van der Waals surface area contributed by atoms with Gasteiger partial charge in [-0.15, -0.1) is 0 Å². The largest absolute Gasteiger partial charge is 0.493 e. The molecule has 4 nitrogen and oxygen atoms in total. The number of hydrogen-bond acceptors (Lipinski definition) is 3. The van der Waals surface area contributed by atoms with Crippen LogP contribution in [-0.2, 0) is 11.2 Å². The summed E-state index contributed by atoms with van der Waals surface area (Å²) in [5, 5.41) is 0. The smallest absolute Gasteiger partial charge is 0.220 e. The van der Waals surface area contributed by atoms with E-state index in [1.54, 1.807) is 0 Å². The zero-order valence-electron chi connectivity index (χ0n) is 10.2. The Balaban J connectivity index is 2.42. The van der Waals surface area contributed by atoms with Crippen LogP contribution in [0.3, 0.4) is 0 Å². The third-order valence-electron chi connectivity index (χ3n) is 2.56. The lowest BCUT2D eigenvalue weighted by Gasteiger charge is -2.09. The molecule has 4 heteroatoms. The summed E-state index contributed by atoms with van der Waals surface area (Å²) in [6, 6.07) is 7.97. The fraction of sp³-hybridized carbons (Fsp3) is 0.462.